The molecule has 0 fully saturated rings. The molecular formula is C36H34N4O5S. The highest BCUT2D eigenvalue weighted by Crippen LogP contribution is 2.29. The van der Waals surface area contributed by atoms with Gasteiger partial charge in [-0.15, -0.1) is 0 Å². The van der Waals surface area contributed by atoms with Crippen LogP contribution < -0.4 is 9.46 Å². The van der Waals surface area contributed by atoms with Gasteiger partial charge in [0.1, 0.15) is 18.2 Å². The second-order valence-electron chi connectivity index (χ2n) is 12.1. The summed E-state index contributed by atoms with van der Waals surface area (Å²) in [5, 5.41) is 10.9. The van der Waals surface area contributed by atoms with Gasteiger partial charge >= 0.3 is 5.97 Å². The molecule has 10 heteroatoms. The molecule has 0 aliphatic rings. The molecule has 46 heavy (non-hydrogen) atoms. The summed E-state index contributed by atoms with van der Waals surface area (Å²) in [6.45, 7) is 4.19. The van der Waals surface area contributed by atoms with E-state index in [2.05, 4.69) is 9.29 Å². The Morgan fingerprint density at radius 2 is 1.65 bits per heavy atom. The minimum atomic E-state index is -3.38. The number of anilines is 1. The zero-order valence-corrected chi connectivity index (χ0v) is 26.6. The van der Waals surface area contributed by atoms with Gasteiger partial charge in [-0.3, -0.25) is 9.52 Å². The summed E-state index contributed by atoms with van der Waals surface area (Å²) in [7, 11) is -3.38. The predicted molar refractivity (Wildman–Crippen MR) is 180 cm³/mol. The van der Waals surface area contributed by atoms with Gasteiger partial charge in [-0.25, -0.2) is 18.4 Å². The van der Waals surface area contributed by atoms with Crippen LogP contribution in [0.2, 0.25) is 0 Å². The fourth-order valence-electron chi connectivity index (χ4n) is 5.34. The van der Waals surface area contributed by atoms with Crippen molar-refractivity contribution in [1.82, 2.24) is 14.5 Å². The molecule has 0 radical (unpaired) electrons. The fraction of sp³-hybridized carbons (Fsp3) is 0.194. The number of fused-ring (bicyclic) bond motifs is 2. The van der Waals surface area contributed by atoms with E-state index in [1.54, 1.807) is 32.0 Å². The summed E-state index contributed by atoms with van der Waals surface area (Å²) in [6, 6.07) is 32.9. The Hall–Kier alpha value is -5.22. The second kappa shape index (κ2) is 12.3. The standard InChI is InChI=1S/C36H34N4O5S/c1-36(2,35(41)42)21-34-38-32-20-30(45-23-29-16-15-26-7-4-5-10-31(26)37-29)17-18-33(32)40(34)22-24-11-13-25(14-12-24)27-8-6-9-28(19-27)39-46(3,43)44/h4-20,39H,21-23H2,1-3H3,(H,41,42). The lowest BCUT2D eigenvalue weighted by molar-refractivity contribution is -0.146. The molecule has 4 aromatic carbocycles. The van der Waals surface area contributed by atoms with Crippen molar-refractivity contribution < 1.29 is 23.1 Å². The van der Waals surface area contributed by atoms with Crippen molar-refractivity contribution in [1.29, 1.82) is 0 Å². The monoisotopic (exact) mass is 634 g/mol. The van der Waals surface area contributed by atoms with Crippen LogP contribution in [0.5, 0.6) is 5.75 Å². The highest BCUT2D eigenvalue weighted by Gasteiger charge is 2.30. The number of hydrogen-bond acceptors (Lipinski definition) is 6. The number of ether oxygens (including phenoxy) is 1. The highest BCUT2D eigenvalue weighted by molar-refractivity contribution is 7.92. The maximum atomic E-state index is 12.0. The van der Waals surface area contributed by atoms with Gasteiger partial charge in [0.15, 0.2) is 0 Å². The van der Waals surface area contributed by atoms with Gasteiger partial charge in [-0.05, 0) is 66.9 Å². The number of sulfonamides is 1. The highest BCUT2D eigenvalue weighted by atomic mass is 32.2. The SMILES string of the molecule is CC(C)(Cc1nc2cc(OCc3ccc4ccccc4n3)ccc2n1Cc1ccc(-c2cccc(NS(C)(=O)=O)c2)cc1)C(=O)O. The molecule has 0 aliphatic carbocycles. The number of carboxylic acid groups (broad SMARTS) is 1. The molecule has 0 unspecified atom stereocenters. The Balaban J connectivity index is 1.26. The maximum absolute atomic E-state index is 12.0. The zero-order chi connectivity index (χ0) is 32.5. The van der Waals surface area contributed by atoms with Gasteiger partial charge in [-0.2, -0.15) is 0 Å². The van der Waals surface area contributed by atoms with Gasteiger partial charge in [0.2, 0.25) is 10.0 Å². The normalized spacial score (nSPS) is 12.0. The number of aromatic nitrogens is 3. The van der Waals surface area contributed by atoms with Crippen molar-refractivity contribution in [3.05, 3.63) is 120 Å². The van der Waals surface area contributed by atoms with Crippen LogP contribution in [0.1, 0.15) is 30.9 Å². The summed E-state index contributed by atoms with van der Waals surface area (Å²) in [4.78, 5) is 21.6. The van der Waals surface area contributed by atoms with Crippen LogP contribution in [-0.4, -0.2) is 40.3 Å². The lowest BCUT2D eigenvalue weighted by Gasteiger charge is -2.19. The summed E-state index contributed by atoms with van der Waals surface area (Å²) >= 11 is 0. The van der Waals surface area contributed by atoms with Crippen LogP contribution in [0.25, 0.3) is 33.1 Å². The number of hydrogen-bond donors (Lipinski definition) is 2. The molecule has 2 heterocycles. The van der Waals surface area contributed by atoms with Crippen molar-refractivity contribution in [2.45, 2.75) is 33.4 Å². The number of imidazole rings is 1. The first-order valence-electron chi connectivity index (χ1n) is 14.8. The number of benzene rings is 4. The van der Waals surface area contributed by atoms with Crippen LogP contribution >= 0.6 is 0 Å². The topological polar surface area (TPSA) is 123 Å². The number of carboxylic acids is 1. The summed E-state index contributed by atoms with van der Waals surface area (Å²) < 4.78 is 34.0. The quantitative estimate of drug-likeness (QED) is 0.159. The van der Waals surface area contributed by atoms with E-state index in [1.807, 2.05) is 84.9 Å². The summed E-state index contributed by atoms with van der Waals surface area (Å²) in [5.74, 6) is 0.419. The second-order valence-corrected chi connectivity index (χ2v) is 13.8. The largest absolute Gasteiger partial charge is 0.487 e. The van der Waals surface area contributed by atoms with Gasteiger partial charge in [0, 0.05) is 30.1 Å². The molecular weight excluding hydrogens is 600 g/mol. The van der Waals surface area contributed by atoms with E-state index in [0.29, 0.717) is 35.9 Å². The average Bonchev–Trinajstić information content (AvgIpc) is 3.34. The van der Waals surface area contributed by atoms with E-state index in [4.69, 9.17) is 14.7 Å². The van der Waals surface area contributed by atoms with Crippen molar-refractivity contribution >= 4 is 43.6 Å². The fourth-order valence-corrected chi connectivity index (χ4v) is 5.89. The van der Waals surface area contributed by atoms with Crippen LogP contribution in [-0.2, 0) is 34.4 Å². The Morgan fingerprint density at radius 3 is 2.41 bits per heavy atom. The van der Waals surface area contributed by atoms with Crippen LogP contribution in [0.3, 0.4) is 0 Å². The first-order valence-corrected chi connectivity index (χ1v) is 16.7. The molecule has 6 aromatic rings. The smallest absolute Gasteiger partial charge is 0.309 e. The third-order valence-corrected chi connectivity index (χ3v) is 8.42. The molecule has 0 amide bonds. The molecule has 234 valence electrons. The minimum absolute atomic E-state index is 0.242. The number of nitrogens with zero attached hydrogens (tertiary/aromatic N) is 3. The molecule has 6 rings (SSSR count). The summed E-state index contributed by atoms with van der Waals surface area (Å²) in [5.41, 5.74) is 5.61. The average molecular weight is 635 g/mol. The van der Waals surface area contributed by atoms with Crippen LogP contribution in [0.4, 0.5) is 5.69 Å². The first-order chi connectivity index (χ1) is 21.9. The minimum Gasteiger partial charge on any atom is -0.487 e. The predicted octanol–water partition coefficient (Wildman–Crippen LogP) is 6.90. The molecule has 0 bridgehead atoms. The molecule has 0 atom stereocenters. The number of carbonyl (C=O) groups is 1. The molecule has 2 aromatic heterocycles. The van der Waals surface area contributed by atoms with Crippen molar-refractivity contribution in [3.63, 3.8) is 0 Å². The summed E-state index contributed by atoms with van der Waals surface area (Å²) in [6.07, 6.45) is 1.37. The zero-order valence-electron chi connectivity index (χ0n) is 25.8. The van der Waals surface area contributed by atoms with Gasteiger partial charge in [0.05, 0.1) is 33.9 Å². The van der Waals surface area contributed by atoms with Crippen molar-refractivity contribution in [3.8, 4) is 16.9 Å². The van der Waals surface area contributed by atoms with E-state index in [9.17, 15) is 18.3 Å². The number of pyridine rings is 1. The molecule has 2 N–H and O–H groups in total. The third kappa shape index (κ3) is 7.02. The van der Waals surface area contributed by atoms with E-state index in [1.165, 1.54) is 0 Å². The van der Waals surface area contributed by atoms with E-state index in [-0.39, 0.29) is 6.42 Å². The van der Waals surface area contributed by atoms with Crippen LogP contribution in [0.15, 0.2) is 103 Å². The van der Waals surface area contributed by atoms with Gasteiger partial charge in [0.25, 0.3) is 0 Å². The van der Waals surface area contributed by atoms with E-state index >= 15 is 0 Å². The molecule has 0 saturated heterocycles. The third-order valence-electron chi connectivity index (χ3n) is 7.81. The lowest BCUT2D eigenvalue weighted by Crippen LogP contribution is -2.27. The Labute approximate surface area is 267 Å². The number of nitrogens with one attached hydrogen (secondary N) is 1. The van der Waals surface area contributed by atoms with E-state index < -0.39 is 21.4 Å². The van der Waals surface area contributed by atoms with Crippen molar-refractivity contribution in [2.75, 3.05) is 11.0 Å². The molecule has 0 saturated carbocycles. The van der Waals surface area contributed by atoms with E-state index in [0.717, 1.165) is 45.1 Å². The van der Waals surface area contributed by atoms with Crippen LogP contribution in [0, 0.1) is 5.41 Å². The van der Waals surface area contributed by atoms with Gasteiger partial charge in [-0.1, -0.05) is 60.7 Å². The Morgan fingerprint density at radius 1 is 0.870 bits per heavy atom. The van der Waals surface area contributed by atoms with Gasteiger partial charge < -0.3 is 14.4 Å². The lowest BCUT2D eigenvalue weighted by atomic mass is 9.89. The molecule has 0 spiro atoms. The first kappa shape index (κ1) is 30.8. The Bertz CT molecular complexity index is 2170. The number of para-hydroxylation sites is 1. The van der Waals surface area contributed by atoms with Crippen molar-refractivity contribution in [2.24, 2.45) is 5.41 Å². The molecule has 9 nitrogen and oxygen atoms in total. The maximum Gasteiger partial charge on any atom is 0.309 e. The molecule has 0 aliphatic heterocycles. The Kier molecular flexibility index (Phi) is 8.22. The number of aliphatic carboxylic acids is 1. The number of rotatable bonds is 11.